The van der Waals surface area contributed by atoms with Crippen molar-refractivity contribution >= 4 is 40.9 Å². The van der Waals surface area contributed by atoms with Crippen LogP contribution in [0.4, 0.5) is 17.5 Å². The summed E-state index contributed by atoms with van der Waals surface area (Å²) in [6.45, 7) is 5.41. The van der Waals surface area contributed by atoms with Gasteiger partial charge in [-0.25, -0.2) is 4.98 Å². The molecule has 0 radical (unpaired) electrons. The summed E-state index contributed by atoms with van der Waals surface area (Å²) < 4.78 is 0. The van der Waals surface area contributed by atoms with Gasteiger partial charge in [0, 0.05) is 23.3 Å². The first kappa shape index (κ1) is 21.6. The Morgan fingerprint density at radius 2 is 2.00 bits per heavy atom. The van der Waals surface area contributed by atoms with Crippen molar-refractivity contribution in [3.63, 3.8) is 0 Å². The third kappa shape index (κ3) is 5.27. The highest BCUT2D eigenvalue weighted by Crippen LogP contribution is 2.27. The number of aromatic nitrogens is 2. The van der Waals surface area contributed by atoms with E-state index in [1.807, 2.05) is 6.92 Å². The summed E-state index contributed by atoms with van der Waals surface area (Å²) in [4.78, 5) is 32.0. The van der Waals surface area contributed by atoms with Crippen LogP contribution in [-0.2, 0) is 4.79 Å². The van der Waals surface area contributed by atoms with Crippen LogP contribution in [0.3, 0.4) is 0 Å². The maximum atomic E-state index is 11.8. The number of hydrogen-bond acceptors (Lipinski definition) is 6. The first-order chi connectivity index (χ1) is 14.4. The van der Waals surface area contributed by atoms with Crippen LogP contribution in [-0.4, -0.2) is 33.9 Å². The SMILES string of the molecule is C=CC(=O)N[C@H]1CCCC[C@@H]1Nc1nc(Nc2cc(C(N)=O)ccc2C)ncc1Cl. The van der Waals surface area contributed by atoms with Crippen molar-refractivity contribution in [2.75, 3.05) is 10.6 Å². The highest BCUT2D eigenvalue weighted by Gasteiger charge is 2.27. The zero-order valence-corrected chi connectivity index (χ0v) is 17.5. The molecule has 0 bridgehead atoms. The van der Waals surface area contributed by atoms with Gasteiger partial charge in [-0.05, 0) is 43.5 Å². The molecule has 0 unspecified atom stereocenters. The van der Waals surface area contributed by atoms with E-state index in [0.717, 1.165) is 31.2 Å². The lowest BCUT2D eigenvalue weighted by atomic mass is 9.90. The van der Waals surface area contributed by atoms with Crippen LogP contribution in [0.5, 0.6) is 0 Å². The van der Waals surface area contributed by atoms with Gasteiger partial charge in [-0.3, -0.25) is 9.59 Å². The molecule has 1 aliphatic rings. The van der Waals surface area contributed by atoms with E-state index in [1.54, 1.807) is 18.2 Å². The number of primary amides is 1. The number of nitrogens with zero attached hydrogens (tertiary/aromatic N) is 2. The maximum absolute atomic E-state index is 11.8. The third-order valence-corrected chi connectivity index (χ3v) is 5.39. The topological polar surface area (TPSA) is 122 Å². The van der Waals surface area contributed by atoms with Gasteiger partial charge >= 0.3 is 0 Å². The highest BCUT2D eigenvalue weighted by molar-refractivity contribution is 6.32. The highest BCUT2D eigenvalue weighted by atomic mass is 35.5. The number of aryl methyl sites for hydroxylation is 1. The monoisotopic (exact) mass is 428 g/mol. The molecule has 9 heteroatoms. The van der Waals surface area contributed by atoms with Crippen molar-refractivity contribution in [2.24, 2.45) is 5.73 Å². The second kappa shape index (κ2) is 9.58. The van der Waals surface area contributed by atoms with Gasteiger partial charge < -0.3 is 21.7 Å². The Kier molecular flexibility index (Phi) is 6.89. The molecule has 2 atom stereocenters. The summed E-state index contributed by atoms with van der Waals surface area (Å²) in [5.41, 5.74) is 7.34. The molecule has 1 aromatic carbocycles. The van der Waals surface area contributed by atoms with Crippen LogP contribution in [0, 0.1) is 6.92 Å². The summed E-state index contributed by atoms with van der Waals surface area (Å²) >= 11 is 6.32. The Hall–Kier alpha value is -3.13. The van der Waals surface area contributed by atoms with E-state index in [0.29, 0.717) is 28.0 Å². The zero-order chi connectivity index (χ0) is 21.7. The molecule has 1 saturated carbocycles. The third-order valence-electron chi connectivity index (χ3n) is 5.11. The summed E-state index contributed by atoms with van der Waals surface area (Å²) in [6.07, 6.45) is 6.61. The zero-order valence-electron chi connectivity index (χ0n) is 16.7. The Balaban J connectivity index is 1.80. The smallest absolute Gasteiger partial charge is 0.248 e. The molecule has 1 aliphatic carbocycles. The molecule has 2 aromatic rings. The molecule has 30 heavy (non-hydrogen) atoms. The van der Waals surface area contributed by atoms with Gasteiger partial charge in [0.05, 0.1) is 6.20 Å². The van der Waals surface area contributed by atoms with E-state index in [-0.39, 0.29) is 18.0 Å². The summed E-state index contributed by atoms with van der Waals surface area (Å²) in [5.74, 6) is 0.0914. The lowest BCUT2D eigenvalue weighted by molar-refractivity contribution is -0.117. The predicted octanol–water partition coefficient (Wildman–Crippen LogP) is 3.31. The van der Waals surface area contributed by atoms with Crippen LogP contribution in [0.25, 0.3) is 0 Å². The van der Waals surface area contributed by atoms with Gasteiger partial charge in [0.15, 0.2) is 5.82 Å². The molecular formula is C21H25ClN6O2. The fourth-order valence-electron chi connectivity index (χ4n) is 3.45. The van der Waals surface area contributed by atoms with Crippen molar-refractivity contribution in [1.82, 2.24) is 15.3 Å². The maximum Gasteiger partial charge on any atom is 0.248 e. The van der Waals surface area contributed by atoms with Crippen LogP contribution in [0.15, 0.2) is 37.1 Å². The minimum absolute atomic E-state index is 0.0113. The number of anilines is 3. The van der Waals surface area contributed by atoms with Crippen LogP contribution < -0.4 is 21.7 Å². The normalized spacial score (nSPS) is 18.3. The molecule has 1 aromatic heterocycles. The lowest BCUT2D eigenvalue weighted by Gasteiger charge is -2.33. The molecule has 0 aliphatic heterocycles. The second-order valence-corrected chi connectivity index (χ2v) is 7.67. The van der Waals surface area contributed by atoms with Crippen molar-refractivity contribution < 1.29 is 9.59 Å². The Bertz CT molecular complexity index is 965. The van der Waals surface area contributed by atoms with Gasteiger partial charge in [0.2, 0.25) is 17.8 Å². The predicted molar refractivity (Wildman–Crippen MR) is 118 cm³/mol. The van der Waals surface area contributed by atoms with Gasteiger partial charge in [-0.15, -0.1) is 0 Å². The van der Waals surface area contributed by atoms with E-state index in [2.05, 4.69) is 32.5 Å². The van der Waals surface area contributed by atoms with E-state index in [9.17, 15) is 9.59 Å². The quantitative estimate of drug-likeness (QED) is 0.502. The molecule has 8 nitrogen and oxygen atoms in total. The number of nitrogens with one attached hydrogen (secondary N) is 3. The van der Waals surface area contributed by atoms with Crippen LogP contribution in [0.2, 0.25) is 5.02 Å². The fourth-order valence-corrected chi connectivity index (χ4v) is 3.60. The molecule has 1 fully saturated rings. The molecule has 5 N–H and O–H groups in total. The summed E-state index contributed by atoms with van der Waals surface area (Å²) in [5, 5.41) is 9.82. The largest absolute Gasteiger partial charge is 0.366 e. The first-order valence-corrected chi connectivity index (χ1v) is 10.1. The van der Waals surface area contributed by atoms with Crippen molar-refractivity contribution in [3.05, 3.63) is 53.2 Å². The van der Waals surface area contributed by atoms with Gasteiger partial charge in [0.1, 0.15) is 5.02 Å². The number of halogens is 1. The van der Waals surface area contributed by atoms with Gasteiger partial charge in [-0.2, -0.15) is 4.98 Å². The number of benzene rings is 1. The number of rotatable bonds is 7. The Labute approximate surface area is 180 Å². The number of carbonyl (C=O) groups is 2. The molecule has 1 heterocycles. The fraction of sp³-hybridized carbons (Fsp3) is 0.333. The molecule has 2 amide bonds. The first-order valence-electron chi connectivity index (χ1n) is 9.77. The molecule has 0 spiro atoms. The number of hydrogen-bond donors (Lipinski definition) is 4. The minimum Gasteiger partial charge on any atom is -0.366 e. The number of carbonyl (C=O) groups excluding carboxylic acids is 2. The van der Waals surface area contributed by atoms with E-state index in [4.69, 9.17) is 17.3 Å². The Morgan fingerprint density at radius 3 is 2.70 bits per heavy atom. The Morgan fingerprint density at radius 1 is 1.27 bits per heavy atom. The van der Waals surface area contributed by atoms with Crippen molar-refractivity contribution in [2.45, 2.75) is 44.7 Å². The average molecular weight is 429 g/mol. The molecule has 3 rings (SSSR count). The molecular weight excluding hydrogens is 404 g/mol. The van der Waals surface area contributed by atoms with Crippen LogP contribution in [0.1, 0.15) is 41.6 Å². The summed E-state index contributed by atoms with van der Waals surface area (Å²) in [6, 6.07) is 5.07. The van der Waals surface area contributed by atoms with Crippen molar-refractivity contribution in [3.8, 4) is 0 Å². The minimum atomic E-state index is -0.512. The van der Waals surface area contributed by atoms with Gasteiger partial charge in [-0.1, -0.05) is 37.1 Å². The average Bonchev–Trinajstić information content (AvgIpc) is 2.73. The number of amides is 2. The molecule has 158 valence electrons. The van der Waals surface area contributed by atoms with Crippen molar-refractivity contribution in [1.29, 1.82) is 0 Å². The summed E-state index contributed by atoms with van der Waals surface area (Å²) in [7, 11) is 0. The van der Waals surface area contributed by atoms with E-state index < -0.39 is 5.91 Å². The standard InChI is InChI=1S/C21H25ClN6O2/c1-3-18(29)25-15-6-4-5-7-16(15)26-20-14(22)11-24-21(28-20)27-17-10-13(19(23)30)9-8-12(17)2/h3,8-11,15-16H,1,4-7H2,2H3,(H2,23,30)(H,25,29)(H2,24,26,27,28)/t15-,16-/m0/s1. The lowest BCUT2D eigenvalue weighted by Crippen LogP contribution is -2.48. The second-order valence-electron chi connectivity index (χ2n) is 7.26. The van der Waals surface area contributed by atoms with E-state index >= 15 is 0 Å². The number of nitrogens with two attached hydrogens (primary N) is 1. The molecule has 0 saturated heterocycles. The van der Waals surface area contributed by atoms with Crippen LogP contribution >= 0.6 is 11.6 Å². The van der Waals surface area contributed by atoms with E-state index in [1.165, 1.54) is 12.3 Å². The van der Waals surface area contributed by atoms with Gasteiger partial charge in [0.25, 0.3) is 0 Å².